The highest BCUT2D eigenvalue weighted by atomic mass is 35.5. The number of hydrogen-bond donors (Lipinski definition) is 1. The molecule has 3 nitrogen and oxygen atoms in total. The summed E-state index contributed by atoms with van der Waals surface area (Å²) in [5.74, 6) is 1.31. The number of oxazole rings is 1. The van der Waals surface area contributed by atoms with Gasteiger partial charge in [0, 0.05) is 10.7 Å². The molecular weight excluding hydrogens is 212 g/mol. The number of benzene rings is 1. The first-order chi connectivity index (χ1) is 7.08. The van der Waals surface area contributed by atoms with E-state index in [0.29, 0.717) is 16.6 Å². The second-order valence-corrected chi connectivity index (χ2v) is 3.83. The fourth-order valence-corrected chi connectivity index (χ4v) is 1.47. The van der Waals surface area contributed by atoms with Gasteiger partial charge in [0.2, 0.25) is 5.89 Å². The molecule has 0 atom stereocenters. The molecule has 0 aliphatic rings. The number of hydrogen-bond acceptors (Lipinski definition) is 3. The molecule has 1 heterocycles. The Bertz CT molecular complexity index is 486. The zero-order chi connectivity index (χ0) is 11.0. The smallest absolute Gasteiger partial charge is 0.228 e. The number of rotatable bonds is 1. The maximum absolute atomic E-state index is 5.89. The topological polar surface area (TPSA) is 52.0 Å². The second kappa shape index (κ2) is 3.59. The Hall–Kier alpha value is -1.48. The fraction of sp³-hybridized carbons (Fsp3) is 0.182. The van der Waals surface area contributed by atoms with Crippen LogP contribution in [0.15, 0.2) is 22.6 Å². The molecule has 2 N–H and O–H groups in total. The van der Waals surface area contributed by atoms with Gasteiger partial charge in [0.05, 0.1) is 11.3 Å². The Morgan fingerprint density at radius 3 is 2.67 bits per heavy atom. The SMILES string of the molecule is Cc1nc(-c2cc(Cl)ccc2N)oc1C. The van der Waals surface area contributed by atoms with E-state index in [-0.39, 0.29) is 0 Å². The quantitative estimate of drug-likeness (QED) is 0.754. The normalized spacial score (nSPS) is 10.6. The van der Waals surface area contributed by atoms with Crippen molar-refractivity contribution in [3.63, 3.8) is 0 Å². The van der Waals surface area contributed by atoms with Crippen molar-refractivity contribution in [3.8, 4) is 11.5 Å². The first-order valence-corrected chi connectivity index (χ1v) is 4.95. The molecular formula is C11H11ClN2O. The van der Waals surface area contributed by atoms with Crippen LogP contribution in [0.2, 0.25) is 5.02 Å². The number of aromatic nitrogens is 1. The van der Waals surface area contributed by atoms with Gasteiger partial charge >= 0.3 is 0 Å². The minimum atomic E-state index is 0.519. The highest BCUT2D eigenvalue weighted by molar-refractivity contribution is 6.31. The van der Waals surface area contributed by atoms with Crippen molar-refractivity contribution in [2.45, 2.75) is 13.8 Å². The van der Waals surface area contributed by atoms with Crippen LogP contribution in [0.5, 0.6) is 0 Å². The van der Waals surface area contributed by atoms with Crippen LogP contribution in [0.4, 0.5) is 5.69 Å². The predicted octanol–water partition coefficient (Wildman–Crippen LogP) is 3.19. The van der Waals surface area contributed by atoms with Gasteiger partial charge in [0.1, 0.15) is 5.76 Å². The highest BCUT2D eigenvalue weighted by Gasteiger charge is 2.11. The Morgan fingerprint density at radius 2 is 2.07 bits per heavy atom. The summed E-state index contributed by atoms with van der Waals surface area (Å²) in [6.07, 6.45) is 0. The first-order valence-electron chi connectivity index (χ1n) is 4.57. The summed E-state index contributed by atoms with van der Waals surface area (Å²) in [7, 11) is 0. The molecule has 0 saturated carbocycles. The molecule has 0 amide bonds. The molecule has 4 heteroatoms. The maximum atomic E-state index is 5.89. The Kier molecular flexibility index (Phi) is 2.40. The van der Waals surface area contributed by atoms with E-state index >= 15 is 0 Å². The zero-order valence-electron chi connectivity index (χ0n) is 8.54. The Labute approximate surface area is 92.9 Å². The van der Waals surface area contributed by atoms with E-state index in [4.69, 9.17) is 21.8 Å². The molecule has 2 aromatic rings. The molecule has 0 radical (unpaired) electrons. The van der Waals surface area contributed by atoms with Gasteiger partial charge in [-0.05, 0) is 32.0 Å². The van der Waals surface area contributed by atoms with Gasteiger partial charge in [0.15, 0.2) is 0 Å². The average Bonchev–Trinajstić information content (AvgIpc) is 2.51. The first kappa shape index (κ1) is 10.1. The van der Waals surface area contributed by atoms with Crippen molar-refractivity contribution in [2.75, 3.05) is 5.73 Å². The third-order valence-corrected chi connectivity index (χ3v) is 2.51. The summed E-state index contributed by atoms with van der Waals surface area (Å²) in [6.45, 7) is 3.76. The van der Waals surface area contributed by atoms with E-state index in [1.807, 2.05) is 13.8 Å². The van der Waals surface area contributed by atoms with Crippen LogP contribution in [0.3, 0.4) is 0 Å². The third-order valence-electron chi connectivity index (χ3n) is 2.27. The van der Waals surface area contributed by atoms with Crippen molar-refractivity contribution >= 4 is 17.3 Å². The third kappa shape index (κ3) is 1.83. The van der Waals surface area contributed by atoms with Crippen LogP contribution in [-0.4, -0.2) is 4.98 Å². The van der Waals surface area contributed by atoms with E-state index in [2.05, 4.69) is 4.98 Å². The molecule has 0 aliphatic carbocycles. The molecule has 1 aromatic heterocycles. The van der Waals surface area contributed by atoms with Crippen LogP contribution < -0.4 is 5.73 Å². The highest BCUT2D eigenvalue weighted by Crippen LogP contribution is 2.29. The van der Waals surface area contributed by atoms with Gasteiger partial charge in [-0.1, -0.05) is 11.6 Å². The molecule has 0 spiro atoms. The standard InChI is InChI=1S/C11H11ClN2O/c1-6-7(2)15-11(14-6)9-5-8(12)3-4-10(9)13/h3-5H,13H2,1-2H3. The van der Waals surface area contributed by atoms with Gasteiger partial charge in [-0.15, -0.1) is 0 Å². The summed E-state index contributed by atoms with van der Waals surface area (Å²) >= 11 is 5.89. The molecule has 2 rings (SSSR count). The molecule has 78 valence electrons. The number of halogens is 1. The number of nitrogen functional groups attached to an aromatic ring is 1. The van der Waals surface area contributed by atoms with Gasteiger partial charge < -0.3 is 10.2 Å². The molecule has 1 aromatic carbocycles. The van der Waals surface area contributed by atoms with E-state index in [9.17, 15) is 0 Å². The van der Waals surface area contributed by atoms with Crippen LogP contribution in [-0.2, 0) is 0 Å². The summed E-state index contributed by atoms with van der Waals surface area (Å²) in [5, 5.41) is 0.618. The lowest BCUT2D eigenvalue weighted by atomic mass is 10.2. The lowest BCUT2D eigenvalue weighted by Crippen LogP contribution is -1.89. The van der Waals surface area contributed by atoms with Crippen molar-refractivity contribution in [2.24, 2.45) is 0 Å². The lowest BCUT2D eigenvalue weighted by molar-refractivity contribution is 0.541. The van der Waals surface area contributed by atoms with Gasteiger partial charge in [-0.3, -0.25) is 0 Å². The van der Waals surface area contributed by atoms with Crippen molar-refractivity contribution in [1.29, 1.82) is 0 Å². The number of nitrogens with two attached hydrogens (primary N) is 1. The summed E-state index contributed by atoms with van der Waals surface area (Å²) in [6, 6.07) is 5.23. The molecule has 0 aliphatic heterocycles. The van der Waals surface area contributed by atoms with Crippen molar-refractivity contribution < 1.29 is 4.42 Å². The molecule has 0 fully saturated rings. The average molecular weight is 223 g/mol. The van der Waals surface area contributed by atoms with Crippen molar-refractivity contribution in [3.05, 3.63) is 34.7 Å². The molecule has 0 unspecified atom stereocenters. The van der Waals surface area contributed by atoms with Crippen LogP contribution in [0.1, 0.15) is 11.5 Å². The fourth-order valence-electron chi connectivity index (χ4n) is 1.30. The van der Waals surface area contributed by atoms with Gasteiger partial charge in [-0.25, -0.2) is 4.98 Å². The molecule has 15 heavy (non-hydrogen) atoms. The second-order valence-electron chi connectivity index (χ2n) is 3.39. The van der Waals surface area contributed by atoms with Crippen LogP contribution in [0, 0.1) is 13.8 Å². The predicted molar refractivity (Wildman–Crippen MR) is 60.8 cm³/mol. The lowest BCUT2D eigenvalue weighted by Gasteiger charge is -2.01. The summed E-state index contributed by atoms with van der Waals surface area (Å²) in [5.41, 5.74) is 8.03. The number of anilines is 1. The number of nitrogens with zero attached hydrogens (tertiary/aromatic N) is 1. The Morgan fingerprint density at radius 1 is 1.33 bits per heavy atom. The number of aryl methyl sites for hydroxylation is 2. The minimum absolute atomic E-state index is 0.519. The van der Waals surface area contributed by atoms with E-state index in [1.54, 1.807) is 18.2 Å². The van der Waals surface area contributed by atoms with Gasteiger partial charge in [-0.2, -0.15) is 0 Å². The maximum Gasteiger partial charge on any atom is 0.228 e. The van der Waals surface area contributed by atoms with Crippen molar-refractivity contribution in [1.82, 2.24) is 4.98 Å². The Balaban J connectivity index is 2.58. The largest absolute Gasteiger partial charge is 0.441 e. The van der Waals surface area contributed by atoms with E-state index < -0.39 is 0 Å². The minimum Gasteiger partial charge on any atom is -0.441 e. The summed E-state index contributed by atoms with van der Waals surface area (Å²) < 4.78 is 5.49. The summed E-state index contributed by atoms with van der Waals surface area (Å²) in [4.78, 5) is 4.28. The van der Waals surface area contributed by atoms with Crippen LogP contribution >= 0.6 is 11.6 Å². The monoisotopic (exact) mass is 222 g/mol. The van der Waals surface area contributed by atoms with Gasteiger partial charge in [0.25, 0.3) is 0 Å². The molecule has 0 saturated heterocycles. The van der Waals surface area contributed by atoms with E-state index in [0.717, 1.165) is 17.0 Å². The van der Waals surface area contributed by atoms with E-state index in [1.165, 1.54) is 0 Å². The molecule has 0 bridgehead atoms. The zero-order valence-corrected chi connectivity index (χ0v) is 9.30. The van der Waals surface area contributed by atoms with Crippen LogP contribution in [0.25, 0.3) is 11.5 Å².